The molecule has 0 N–H and O–H groups in total. The van der Waals surface area contributed by atoms with E-state index >= 15 is 0 Å². The van der Waals surface area contributed by atoms with Gasteiger partial charge in [0.05, 0.1) is 16.2 Å². The summed E-state index contributed by atoms with van der Waals surface area (Å²) < 4.78 is 62.1. The molecule has 0 saturated heterocycles. The molecule has 2 aromatic rings. The monoisotopic (exact) mass is 421 g/mol. The van der Waals surface area contributed by atoms with Crippen LogP contribution in [0.3, 0.4) is 0 Å². The van der Waals surface area contributed by atoms with Crippen molar-refractivity contribution in [1.82, 2.24) is 4.98 Å². The maximum Gasteiger partial charge on any atom is 0.417 e. The third-order valence-electron chi connectivity index (χ3n) is 5.43. The van der Waals surface area contributed by atoms with Crippen LogP contribution in [0, 0.1) is 5.41 Å². The van der Waals surface area contributed by atoms with Crippen LogP contribution in [0.4, 0.5) is 13.2 Å². The first kappa shape index (κ1) is 21.3. The summed E-state index contributed by atoms with van der Waals surface area (Å²) in [7, 11) is -3.31. The minimum absolute atomic E-state index is 0.218. The Morgan fingerprint density at radius 3 is 1.97 bits per heavy atom. The van der Waals surface area contributed by atoms with E-state index in [1.165, 1.54) is 6.07 Å². The summed E-state index contributed by atoms with van der Waals surface area (Å²) in [5, 5.41) is 0. The Morgan fingerprint density at radius 2 is 1.52 bits per heavy atom. The molecule has 7 heteroatoms. The van der Waals surface area contributed by atoms with Crippen molar-refractivity contribution in [2.75, 3.05) is 6.26 Å². The van der Waals surface area contributed by atoms with Gasteiger partial charge in [-0.25, -0.2) is 8.42 Å². The summed E-state index contributed by atoms with van der Waals surface area (Å²) in [5.74, 6) is 0. The number of alkyl halides is 3. The Bertz CT molecular complexity index is 1060. The number of hydrogen-bond acceptors (Lipinski definition) is 3. The standard InChI is InChI=1S/C22H22F3NO2S/c1-4-21(5-2)12-18(15-6-9-17(10-7-15)29(3,27)28)19(13-21)20-11-8-16(14-26-20)22(23,24)25/h6-14H,4-5H2,1-3H3. The molecule has 0 fully saturated rings. The predicted molar refractivity (Wildman–Crippen MR) is 108 cm³/mol. The molecule has 1 aromatic heterocycles. The van der Waals surface area contributed by atoms with Gasteiger partial charge in [0, 0.05) is 23.4 Å². The van der Waals surface area contributed by atoms with Gasteiger partial charge in [-0.15, -0.1) is 0 Å². The number of halogens is 3. The van der Waals surface area contributed by atoms with Crippen LogP contribution in [0.15, 0.2) is 59.6 Å². The lowest BCUT2D eigenvalue weighted by molar-refractivity contribution is -0.137. The molecule has 3 rings (SSSR count). The number of pyridine rings is 1. The minimum atomic E-state index is -4.44. The molecule has 154 valence electrons. The van der Waals surface area contributed by atoms with Crippen molar-refractivity contribution in [3.8, 4) is 0 Å². The number of sulfone groups is 1. The summed E-state index contributed by atoms with van der Waals surface area (Å²) in [6.07, 6.45) is 3.38. The van der Waals surface area contributed by atoms with Crippen LogP contribution in [0.1, 0.15) is 43.5 Å². The third-order valence-corrected chi connectivity index (χ3v) is 6.56. The van der Waals surface area contributed by atoms with Crippen LogP contribution in [0.2, 0.25) is 0 Å². The topological polar surface area (TPSA) is 47.0 Å². The average Bonchev–Trinajstić information content (AvgIpc) is 3.07. The van der Waals surface area contributed by atoms with Gasteiger partial charge in [0.25, 0.3) is 0 Å². The highest BCUT2D eigenvalue weighted by atomic mass is 32.2. The first-order valence-corrected chi connectivity index (χ1v) is 11.2. The summed E-state index contributed by atoms with van der Waals surface area (Å²) in [6.45, 7) is 4.12. The van der Waals surface area contributed by atoms with E-state index in [-0.39, 0.29) is 10.3 Å². The van der Waals surface area contributed by atoms with E-state index < -0.39 is 21.6 Å². The molecule has 0 aliphatic heterocycles. The molecule has 1 heterocycles. The molecule has 3 nitrogen and oxygen atoms in total. The van der Waals surface area contributed by atoms with Gasteiger partial charge < -0.3 is 0 Å². The van der Waals surface area contributed by atoms with E-state index in [4.69, 9.17) is 0 Å². The van der Waals surface area contributed by atoms with Crippen LogP contribution in [0.25, 0.3) is 11.1 Å². The molecule has 1 aliphatic carbocycles. The molecule has 0 spiro atoms. The highest BCUT2D eigenvalue weighted by Crippen LogP contribution is 2.47. The van der Waals surface area contributed by atoms with Gasteiger partial charge >= 0.3 is 6.18 Å². The van der Waals surface area contributed by atoms with Gasteiger partial charge in [0.2, 0.25) is 0 Å². The van der Waals surface area contributed by atoms with E-state index in [0.717, 1.165) is 48.1 Å². The molecule has 0 radical (unpaired) electrons. The fourth-order valence-electron chi connectivity index (χ4n) is 3.48. The summed E-state index contributed by atoms with van der Waals surface area (Å²) in [6, 6.07) is 8.95. The number of aromatic nitrogens is 1. The zero-order valence-electron chi connectivity index (χ0n) is 16.4. The van der Waals surface area contributed by atoms with Crippen molar-refractivity contribution in [2.45, 2.75) is 37.8 Å². The van der Waals surface area contributed by atoms with E-state index in [0.29, 0.717) is 5.69 Å². The first-order chi connectivity index (χ1) is 13.5. The smallest absolute Gasteiger partial charge is 0.256 e. The fraction of sp³-hybridized carbons (Fsp3) is 0.318. The number of hydrogen-bond donors (Lipinski definition) is 0. The lowest BCUT2D eigenvalue weighted by atomic mass is 9.84. The van der Waals surface area contributed by atoms with Gasteiger partial charge in [0.1, 0.15) is 0 Å². The van der Waals surface area contributed by atoms with Crippen LogP contribution in [0.5, 0.6) is 0 Å². The first-order valence-electron chi connectivity index (χ1n) is 9.29. The molecule has 29 heavy (non-hydrogen) atoms. The van der Waals surface area contributed by atoms with Crippen molar-refractivity contribution >= 4 is 21.0 Å². The third kappa shape index (κ3) is 4.29. The molecule has 0 amide bonds. The van der Waals surface area contributed by atoms with Crippen molar-refractivity contribution < 1.29 is 21.6 Å². The molecular weight excluding hydrogens is 399 g/mol. The summed E-state index contributed by atoms with van der Waals surface area (Å²) in [4.78, 5) is 4.29. The zero-order chi connectivity index (χ0) is 21.4. The fourth-order valence-corrected chi connectivity index (χ4v) is 4.11. The highest BCUT2D eigenvalue weighted by Gasteiger charge is 2.33. The molecule has 1 aromatic carbocycles. The van der Waals surface area contributed by atoms with Crippen LogP contribution >= 0.6 is 0 Å². The second kappa shape index (κ2) is 7.44. The summed E-state index contributed by atoms with van der Waals surface area (Å²) in [5.41, 5.74) is 1.86. The Labute approximate surface area is 168 Å². The van der Waals surface area contributed by atoms with E-state index in [1.54, 1.807) is 24.3 Å². The van der Waals surface area contributed by atoms with Gasteiger partial charge in [-0.05, 0) is 48.2 Å². The van der Waals surface area contributed by atoms with Crippen LogP contribution in [-0.4, -0.2) is 19.7 Å². The molecular formula is C22H22F3NO2S. The largest absolute Gasteiger partial charge is 0.417 e. The van der Waals surface area contributed by atoms with E-state index in [1.807, 2.05) is 0 Å². The molecule has 0 saturated carbocycles. The maximum atomic E-state index is 12.9. The number of benzene rings is 1. The Morgan fingerprint density at radius 1 is 0.931 bits per heavy atom. The number of rotatable bonds is 5. The lowest BCUT2D eigenvalue weighted by Crippen LogP contribution is -2.09. The predicted octanol–water partition coefficient (Wildman–Crippen LogP) is 5.79. The number of nitrogens with zero attached hydrogens (tertiary/aromatic N) is 1. The van der Waals surface area contributed by atoms with Crippen LogP contribution < -0.4 is 0 Å². The Balaban J connectivity index is 2.08. The molecule has 0 atom stereocenters. The van der Waals surface area contributed by atoms with Gasteiger partial charge in [0.15, 0.2) is 9.84 Å². The van der Waals surface area contributed by atoms with Gasteiger partial charge in [-0.3, -0.25) is 4.98 Å². The lowest BCUT2D eigenvalue weighted by Gasteiger charge is -2.20. The second-order valence-corrected chi connectivity index (χ2v) is 9.30. The number of allylic oxidation sites excluding steroid dienone is 4. The molecule has 0 unspecified atom stereocenters. The molecule has 0 bridgehead atoms. The minimum Gasteiger partial charge on any atom is -0.256 e. The average molecular weight is 421 g/mol. The van der Waals surface area contributed by atoms with Crippen molar-refractivity contribution in [1.29, 1.82) is 0 Å². The van der Waals surface area contributed by atoms with Crippen LogP contribution in [-0.2, 0) is 16.0 Å². The van der Waals surface area contributed by atoms with Gasteiger partial charge in [-0.1, -0.05) is 38.1 Å². The van der Waals surface area contributed by atoms with Crippen molar-refractivity contribution in [3.63, 3.8) is 0 Å². The van der Waals surface area contributed by atoms with Gasteiger partial charge in [-0.2, -0.15) is 13.2 Å². The normalized spacial score (nSPS) is 16.5. The van der Waals surface area contributed by atoms with E-state index in [9.17, 15) is 21.6 Å². The Kier molecular flexibility index (Phi) is 5.47. The van der Waals surface area contributed by atoms with Crippen molar-refractivity contribution in [2.24, 2.45) is 5.41 Å². The summed E-state index contributed by atoms with van der Waals surface area (Å²) >= 11 is 0. The highest BCUT2D eigenvalue weighted by molar-refractivity contribution is 7.90. The quantitative estimate of drug-likeness (QED) is 0.614. The Hall–Kier alpha value is -2.41. The SMILES string of the molecule is CCC1(CC)C=C(c2ccc(S(C)(=O)=O)cc2)C(c2ccc(C(F)(F)F)cn2)=C1. The van der Waals surface area contributed by atoms with E-state index in [2.05, 4.69) is 31.0 Å². The zero-order valence-corrected chi connectivity index (χ0v) is 17.2. The van der Waals surface area contributed by atoms with Crippen molar-refractivity contribution in [3.05, 3.63) is 71.6 Å². The second-order valence-electron chi connectivity index (χ2n) is 7.28. The maximum absolute atomic E-state index is 12.9. The molecule has 1 aliphatic rings.